The van der Waals surface area contributed by atoms with Gasteiger partial charge in [-0.2, -0.15) is 0 Å². The van der Waals surface area contributed by atoms with Gasteiger partial charge in [0.05, 0.1) is 6.54 Å². The van der Waals surface area contributed by atoms with Crippen LogP contribution < -0.4 is 5.32 Å². The van der Waals surface area contributed by atoms with E-state index in [0.717, 1.165) is 10.8 Å². The van der Waals surface area contributed by atoms with Gasteiger partial charge >= 0.3 is 0 Å². The molecule has 0 fully saturated rings. The van der Waals surface area contributed by atoms with E-state index in [4.69, 9.17) is 4.74 Å². The number of hydrogen-bond donors (Lipinski definition) is 1. The molecular weight excluding hydrogens is 317 g/mol. The lowest BCUT2D eigenvalue weighted by Gasteiger charge is -2.29. The van der Waals surface area contributed by atoms with Crippen molar-refractivity contribution in [3.63, 3.8) is 0 Å². The number of rotatable bonds is 5. The van der Waals surface area contributed by atoms with Crippen LogP contribution in [0.25, 0.3) is 10.8 Å². The van der Waals surface area contributed by atoms with Crippen LogP contribution in [0.2, 0.25) is 0 Å². The van der Waals surface area contributed by atoms with Gasteiger partial charge in [-0.1, -0.05) is 54.6 Å². The fourth-order valence-corrected chi connectivity index (χ4v) is 2.94. The Balaban J connectivity index is 1.84. The van der Waals surface area contributed by atoms with Crippen LogP contribution in [0.1, 0.15) is 22.8 Å². The summed E-state index contributed by atoms with van der Waals surface area (Å²) in [6, 6.07) is 19.7. The molecule has 4 heteroatoms. The number of carbonyl (C=O) groups is 1. The molecule has 1 unspecified atom stereocenters. The molecule has 0 spiro atoms. The summed E-state index contributed by atoms with van der Waals surface area (Å²) < 4.78 is 19.7. The van der Waals surface area contributed by atoms with Crippen LogP contribution in [-0.2, 0) is 10.3 Å². The number of ether oxygens (including phenoxy) is 1. The SMILES string of the molecule is COC(C)(CNC(=O)c1cccc2ccccc12)c1ccccc1F. The maximum Gasteiger partial charge on any atom is 0.252 e. The highest BCUT2D eigenvalue weighted by atomic mass is 19.1. The molecule has 3 rings (SSSR count). The summed E-state index contributed by atoms with van der Waals surface area (Å²) in [5, 5.41) is 4.76. The first-order valence-corrected chi connectivity index (χ1v) is 8.11. The molecule has 3 nitrogen and oxygen atoms in total. The third kappa shape index (κ3) is 3.39. The van der Waals surface area contributed by atoms with Crippen molar-refractivity contribution in [1.82, 2.24) is 5.32 Å². The quantitative estimate of drug-likeness (QED) is 0.755. The maximum absolute atomic E-state index is 14.1. The normalized spacial score (nSPS) is 13.4. The Morgan fingerprint density at radius 3 is 2.48 bits per heavy atom. The van der Waals surface area contributed by atoms with Gasteiger partial charge in [-0.3, -0.25) is 4.79 Å². The van der Waals surface area contributed by atoms with Crippen LogP contribution in [0.5, 0.6) is 0 Å². The highest BCUT2D eigenvalue weighted by Gasteiger charge is 2.30. The maximum atomic E-state index is 14.1. The number of halogens is 1. The summed E-state index contributed by atoms with van der Waals surface area (Å²) in [7, 11) is 1.51. The molecule has 3 aromatic carbocycles. The van der Waals surface area contributed by atoms with Crippen molar-refractivity contribution >= 4 is 16.7 Å². The van der Waals surface area contributed by atoms with Crippen molar-refractivity contribution in [2.24, 2.45) is 0 Å². The van der Waals surface area contributed by atoms with Gasteiger partial charge in [0, 0.05) is 18.2 Å². The van der Waals surface area contributed by atoms with Crippen LogP contribution in [0.4, 0.5) is 4.39 Å². The molecule has 25 heavy (non-hydrogen) atoms. The minimum Gasteiger partial charge on any atom is -0.372 e. The van der Waals surface area contributed by atoms with Crippen LogP contribution in [-0.4, -0.2) is 19.6 Å². The molecule has 0 aliphatic heterocycles. The Labute approximate surface area is 146 Å². The van der Waals surface area contributed by atoms with Crippen LogP contribution >= 0.6 is 0 Å². The second-order valence-corrected chi connectivity index (χ2v) is 6.12. The molecule has 3 aromatic rings. The van der Waals surface area contributed by atoms with Crippen LogP contribution in [0, 0.1) is 5.82 Å². The average molecular weight is 337 g/mol. The van der Waals surface area contributed by atoms with Crippen molar-refractivity contribution in [1.29, 1.82) is 0 Å². The van der Waals surface area contributed by atoms with Gasteiger partial charge in [-0.05, 0) is 29.8 Å². The van der Waals surface area contributed by atoms with Gasteiger partial charge in [0.15, 0.2) is 0 Å². The predicted octanol–water partition coefficient (Wildman–Crippen LogP) is 4.27. The summed E-state index contributed by atoms with van der Waals surface area (Å²) in [5.74, 6) is -0.567. The zero-order chi connectivity index (χ0) is 17.9. The van der Waals surface area contributed by atoms with E-state index in [1.165, 1.54) is 13.2 Å². The summed E-state index contributed by atoms with van der Waals surface area (Å²) >= 11 is 0. The summed E-state index contributed by atoms with van der Waals surface area (Å²) in [4.78, 5) is 12.7. The first-order chi connectivity index (χ1) is 12.0. The fraction of sp³-hybridized carbons (Fsp3) is 0.190. The largest absolute Gasteiger partial charge is 0.372 e. The van der Waals surface area contributed by atoms with Crippen molar-refractivity contribution < 1.29 is 13.9 Å². The first-order valence-electron chi connectivity index (χ1n) is 8.11. The summed E-state index contributed by atoms with van der Waals surface area (Å²) in [6.45, 7) is 1.92. The molecule has 0 aromatic heterocycles. The summed E-state index contributed by atoms with van der Waals surface area (Å²) in [6.07, 6.45) is 0. The van der Waals surface area contributed by atoms with Gasteiger partial charge in [0.2, 0.25) is 0 Å². The van der Waals surface area contributed by atoms with Crippen molar-refractivity contribution in [3.8, 4) is 0 Å². The molecule has 0 aliphatic carbocycles. The molecule has 1 amide bonds. The Morgan fingerprint density at radius 2 is 1.72 bits per heavy atom. The van der Waals surface area contributed by atoms with Gasteiger partial charge in [0.1, 0.15) is 11.4 Å². The monoisotopic (exact) mass is 337 g/mol. The van der Waals surface area contributed by atoms with Crippen molar-refractivity contribution in [2.75, 3.05) is 13.7 Å². The fourth-order valence-electron chi connectivity index (χ4n) is 2.94. The first kappa shape index (κ1) is 17.1. The number of fused-ring (bicyclic) bond motifs is 1. The smallest absolute Gasteiger partial charge is 0.252 e. The van der Waals surface area contributed by atoms with Gasteiger partial charge < -0.3 is 10.1 Å². The highest BCUT2D eigenvalue weighted by Crippen LogP contribution is 2.26. The minimum atomic E-state index is -0.953. The molecule has 0 aliphatic rings. The van der Waals surface area contributed by atoms with Gasteiger partial charge in [-0.15, -0.1) is 0 Å². The van der Waals surface area contributed by atoms with Crippen LogP contribution in [0.3, 0.4) is 0 Å². The number of methoxy groups -OCH3 is 1. The lowest BCUT2D eigenvalue weighted by atomic mass is 9.94. The third-order valence-corrected chi connectivity index (χ3v) is 4.51. The average Bonchev–Trinajstić information content (AvgIpc) is 2.65. The molecule has 128 valence electrons. The molecule has 0 heterocycles. The van der Waals surface area contributed by atoms with E-state index < -0.39 is 5.60 Å². The van der Waals surface area contributed by atoms with Crippen molar-refractivity contribution in [2.45, 2.75) is 12.5 Å². The van der Waals surface area contributed by atoms with E-state index in [-0.39, 0.29) is 18.3 Å². The number of carbonyl (C=O) groups excluding carboxylic acids is 1. The molecule has 0 radical (unpaired) electrons. The number of amides is 1. The van der Waals surface area contributed by atoms with Gasteiger partial charge in [-0.25, -0.2) is 4.39 Å². The topological polar surface area (TPSA) is 38.3 Å². The second kappa shape index (κ2) is 7.03. The Bertz CT molecular complexity index is 904. The molecule has 1 atom stereocenters. The summed E-state index contributed by atoms with van der Waals surface area (Å²) in [5.41, 5.74) is 0.0480. The number of nitrogens with one attached hydrogen (secondary N) is 1. The molecule has 1 N–H and O–H groups in total. The van der Waals surface area contributed by atoms with Gasteiger partial charge in [0.25, 0.3) is 5.91 Å². The van der Waals surface area contributed by atoms with E-state index in [1.807, 2.05) is 36.4 Å². The number of benzene rings is 3. The predicted molar refractivity (Wildman–Crippen MR) is 97.0 cm³/mol. The molecule has 0 saturated carbocycles. The molecular formula is C21H20FNO2. The third-order valence-electron chi connectivity index (χ3n) is 4.51. The standard InChI is InChI=1S/C21H20FNO2/c1-21(25-2,18-12-5-6-13-19(18)22)14-23-20(24)17-11-7-9-15-8-3-4-10-16(15)17/h3-13H,14H2,1-2H3,(H,23,24). The lowest BCUT2D eigenvalue weighted by molar-refractivity contribution is 0.000402. The Hall–Kier alpha value is -2.72. The van der Waals surface area contributed by atoms with Crippen LogP contribution in [0.15, 0.2) is 66.7 Å². The lowest BCUT2D eigenvalue weighted by Crippen LogP contribution is -2.40. The van der Waals surface area contributed by atoms with E-state index in [1.54, 1.807) is 31.2 Å². The number of hydrogen-bond acceptors (Lipinski definition) is 2. The van der Waals surface area contributed by atoms with Crippen molar-refractivity contribution in [3.05, 3.63) is 83.7 Å². The Kier molecular flexibility index (Phi) is 4.81. The minimum absolute atomic E-state index is 0.159. The molecule has 0 bridgehead atoms. The molecule has 0 saturated heterocycles. The second-order valence-electron chi connectivity index (χ2n) is 6.12. The highest BCUT2D eigenvalue weighted by molar-refractivity contribution is 6.07. The van der Waals surface area contributed by atoms with E-state index in [0.29, 0.717) is 11.1 Å². The Morgan fingerprint density at radius 1 is 1.04 bits per heavy atom. The zero-order valence-corrected chi connectivity index (χ0v) is 14.3. The van der Waals surface area contributed by atoms with E-state index in [9.17, 15) is 9.18 Å². The van der Waals surface area contributed by atoms with E-state index in [2.05, 4.69) is 5.32 Å². The van der Waals surface area contributed by atoms with E-state index >= 15 is 0 Å². The zero-order valence-electron chi connectivity index (χ0n) is 14.3.